The minimum absolute atomic E-state index is 0.115. The van der Waals surface area contributed by atoms with E-state index in [1.807, 2.05) is 36.9 Å². The number of thiazole rings is 1. The van der Waals surface area contributed by atoms with Crippen molar-refractivity contribution in [3.8, 4) is 0 Å². The normalized spacial score (nSPS) is 13.1. The van der Waals surface area contributed by atoms with E-state index in [9.17, 15) is 19.7 Å². The molecule has 4 rings (SSSR count). The fourth-order valence-corrected chi connectivity index (χ4v) is 5.05. The van der Waals surface area contributed by atoms with Gasteiger partial charge in [0.25, 0.3) is 5.69 Å². The smallest absolute Gasteiger partial charge is 0.340 e. The van der Waals surface area contributed by atoms with E-state index in [1.165, 1.54) is 35.3 Å². The molecule has 0 saturated carbocycles. The van der Waals surface area contributed by atoms with Gasteiger partial charge >= 0.3 is 5.97 Å². The highest BCUT2D eigenvalue weighted by Crippen LogP contribution is 2.33. The summed E-state index contributed by atoms with van der Waals surface area (Å²) < 4.78 is 5.50. The summed E-state index contributed by atoms with van der Waals surface area (Å²) in [5.74, 6) is -0.829. The molecule has 0 aliphatic carbocycles. The Kier molecular flexibility index (Phi) is 7.11. The Balaban J connectivity index is 1.53. The molecule has 182 valence electrons. The summed E-state index contributed by atoms with van der Waals surface area (Å²) in [4.78, 5) is 44.2. The van der Waals surface area contributed by atoms with Gasteiger partial charge in [0.2, 0.25) is 5.91 Å². The average Bonchev–Trinajstić information content (AvgIpc) is 3.51. The van der Waals surface area contributed by atoms with E-state index in [0.717, 1.165) is 42.7 Å². The van der Waals surface area contributed by atoms with E-state index in [4.69, 9.17) is 4.74 Å². The SMILES string of the molecule is CC(=O)N(c1nc(COC(=O)c2cc([N+](=O)[O-])ccc2N2CCCC2)cs1)c1ccc(C)cc1C. The number of carbonyl (C=O) groups excluding carboxylic acids is 2. The van der Waals surface area contributed by atoms with E-state index in [1.54, 1.807) is 11.4 Å². The Labute approximate surface area is 207 Å². The molecule has 1 amide bonds. The molecule has 0 unspecified atom stereocenters. The number of ether oxygens (including phenoxy) is 1. The van der Waals surface area contributed by atoms with Crippen molar-refractivity contribution in [3.63, 3.8) is 0 Å². The van der Waals surface area contributed by atoms with Crippen LogP contribution in [-0.4, -0.2) is 34.9 Å². The summed E-state index contributed by atoms with van der Waals surface area (Å²) in [6.45, 7) is 6.85. The lowest BCUT2D eigenvalue weighted by atomic mass is 10.1. The molecule has 10 heteroatoms. The molecule has 0 N–H and O–H groups in total. The van der Waals surface area contributed by atoms with Gasteiger partial charge in [0.05, 0.1) is 27.6 Å². The van der Waals surface area contributed by atoms with Gasteiger partial charge in [-0.2, -0.15) is 0 Å². The van der Waals surface area contributed by atoms with Crippen LogP contribution in [-0.2, 0) is 16.1 Å². The molecule has 1 aliphatic heterocycles. The Bertz CT molecular complexity index is 1280. The van der Waals surface area contributed by atoms with Gasteiger partial charge in [0.15, 0.2) is 5.13 Å². The molecule has 35 heavy (non-hydrogen) atoms. The molecular weight excluding hydrogens is 468 g/mol. The van der Waals surface area contributed by atoms with Crippen LogP contribution < -0.4 is 9.80 Å². The highest BCUT2D eigenvalue weighted by Gasteiger charge is 2.24. The lowest BCUT2D eigenvalue weighted by Gasteiger charge is -2.20. The number of anilines is 3. The fourth-order valence-electron chi connectivity index (χ4n) is 4.18. The van der Waals surface area contributed by atoms with Crippen LogP contribution in [0.2, 0.25) is 0 Å². The van der Waals surface area contributed by atoms with Crippen molar-refractivity contribution in [3.05, 3.63) is 74.3 Å². The predicted octanol–water partition coefficient (Wildman–Crippen LogP) is 5.31. The number of hydrogen-bond donors (Lipinski definition) is 0. The van der Waals surface area contributed by atoms with Crippen molar-refractivity contribution < 1.29 is 19.2 Å². The van der Waals surface area contributed by atoms with E-state index in [0.29, 0.717) is 16.5 Å². The third-order valence-electron chi connectivity index (χ3n) is 5.85. The van der Waals surface area contributed by atoms with Crippen LogP contribution in [0.15, 0.2) is 41.8 Å². The first-order chi connectivity index (χ1) is 16.7. The van der Waals surface area contributed by atoms with Gasteiger partial charge in [0, 0.05) is 37.5 Å². The summed E-state index contributed by atoms with van der Waals surface area (Å²) in [5, 5.41) is 13.5. The standard InChI is InChI=1S/C25H26N4O5S/c1-16-6-8-22(17(2)12-16)28(18(3)30)25-26-19(15-35-25)14-34-24(31)21-13-20(29(32)33)7-9-23(21)27-10-4-5-11-27/h6-9,12-13,15H,4-5,10-11,14H2,1-3H3. The molecule has 1 aliphatic rings. The number of rotatable bonds is 7. The second-order valence-electron chi connectivity index (χ2n) is 8.49. The molecule has 1 saturated heterocycles. The zero-order valence-corrected chi connectivity index (χ0v) is 20.6. The van der Waals surface area contributed by atoms with Crippen LogP contribution in [0.25, 0.3) is 0 Å². The van der Waals surface area contributed by atoms with Gasteiger partial charge in [-0.15, -0.1) is 11.3 Å². The van der Waals surface area contributed by atoms with Crippen LogP contribution in [0.5, 0.6) is 0 Å². The largest absolute Gasteiger partial charge is 0.455 e. The van der Waals surface area contributed by atoms with E-state index >= 15 is 0 Å². The number of aromatic nitrogens is 1. The number of nitro benzene ring substituents is 1. The number of esters is 1. The number of aryl methyl sites for hydroxylation is 2. The van der Waals surface area contributed by atoms with Crippen LogP contribution in [0.3, 0.4) is 0 Å². The van der Waals surface area contributed by atoms with Crippen molar-refractivity contribution in [1.29, 1.82) is 0 Å². The van der Waals surface area contributed by atoms with Crippen molar-refractivity contribution in [2.24, 2.45) is 0 Å². The molecule has 2 heterocycles. The molecule has 1 aromatic heterocycles. The zero-order chi connectivity index (χ0) is 25.1. The maximum absolute atomic E-state index is 13.0. The number of nitrogens with zero attached hydrogens (tertiary/aromatic N) is 4. The van der Waals surface area contributed by atoms with Crippen LogP contribution in [0.4, 0.5) is 22.2 Å². The Morgan fingerprint density at radius 2 is 1.91 bits per heavy atom. The average molecular weight is 495 g/mol. The van der Waals surface area contributed by atoms with Crippen LogP contribution in [0.1, 0.15) is 46.9 Å². The number of hydrogen-bond acceptors (Lipinski definition) is 8. The molecule has 0 spiro atoms. The lowest BCUT2D eigenvalue weighted by Crippen LogP contribution is -2.23. The third kappa shape index (κ3) is 5.32. The van der Waals surface area contributed by atoms with Crippen molar-refractivity contribution in [2.45, 2.75) is 40.2 Å². The minimum atomic E-state index is -0.650. The number of carbonyl (C=O) groups is 2. The first-order valence-electron chi connectivity index (χ1n) is 11.3. The second-order valence-corrected chi connectivity index (χ2v) is 9.33. The Morgan fingerprint density at radius 1 is 1.17 bits per heavy atom. The lowest BCUT2D eigenvalue weighted by molar-refractivity contribution is -0.384. The van der Waals surface area contributed by atoms with Gasteiger partial charge in [0.1, 0.15) is 6.61 Å². The number of amides is 1. The molecule has 0 bridgehead atoms. The molecule has 1 fully saturated rings. The zero-order valence-electron chi connectivity index (χ0n) is 19.8. The number of benzene rings is 2. The first-order valence-corrected chi connectivity index (χ1v) is 12.2. The maximum atomic E-state index is 13.0. The highest BCUT2D eigenvalue weighted by molar-refractivity contribution is 7.14. The predicted molar refractivity (Wildman–Crippen MR) is 135 cm³/mol. The highest BCUT2D eigenvalue weighted by atomic mass is 32.1. The van der Waals surface area contributed by atoms with Crippen LogP contribution >= 0.6 is 11.3 Å². The van der Waals surface area contributed by atoms with Gasteiger partial charge in [-0.25, -0.2) is 9.78 Å². The summed E-state index contributed by atoms with van der Waals surface area (Å²) >= 11 is 1.28. The molecule has 3 aromatic rings. The Hall–Kier alpha value is -3.79. The third-order valence-corrected chi connectivity index (χ3v) is 6.72. The van der Waals surface area contributed by atoms with E-state index in [2.05, 4.69) is 4.98 Å². The number of non-ortho nitro benzene ring substituents is 1. The summed E-state index contributed by atoms with van der Waals surface area (Å²) in [6, 6.07) is 10.1. The minimum Gasteiger partial charge on any atom is -0.455 e. The summed E-state index contributed by atoms with van der Waals surface area (Å²) in [6.07, 6.45) is 2.00. The van der Waals surface area contributed by atoms with E-state index in [-0.39, 0.29) is 23.8 Å². The molecular formula is C25H26N4O5S. The van der Waals surface area contributed by atoms with Crippen LogP contribution in [0, 0.1) is 24.0 Å². The monoisotopic (exact) mass is 494 g/mol. The van der Waals surface area contributed by atoms with Crippen molar-refractivity contribution >= 4 is 45.4 Å². The van der Waals surface area contributed by atoms with Crippen molar-refractivity contribution in [2.75, 3.05) is 22.9 Å². The number of nitro groups is 1. The Morgan fingerprint density at radius 3 is 2.57 bits per heavy atom. The van der Waals surface area contributed by atoms with Gasteiger partial charge < -0.3 is 9.64 Å². The molecule has 9 nitrogen and oxygen atoms in total. The first kappa shape index (κ1) is 24.3. The molecule has 0 radical (unpaired) electrons. The summed E-state index contributed by atoms with van der Waals surface area (Å²) in [7, 11) is 0. The van der Waals surface area contributed by atoms with Gasteiger partial charge in [-0.1, -0.05) is 17.7 Å². The van der Waals surface area contributed by atoms with Gasteiger partial charge in [-0.05, 0) is 44.4 Å². The quantitative estimate of drug-likeness (QED) is 0.249. The van der Waals surface area contributed by atoms with E-state index < -0.39 is 10.9 Å². The molecule has 2 aromatic carbocycles. The topological polar surface area (TPSA) is 106 Å². The maximum Gasteiger partial charge on any atom is 0.340 e. The summed E-state index contributed by atoms with van der Waals surface area (Å²) in [5.41, 5.74) is 3.91. The van der Waals surface area contributed by atoms with Gasteiger partial charge in [-0.3, -0.25) is 19.8 Å². The second kappa shape index (κ2) is 10.2. The fraction of sp³-hybridized carbons (Fsp3) is 0.320. The molecule has 0 atom stereocenters. The van der Waals surface area contributed by atoms with Crippen molar-refractivity contribution in [1.82, 2.24) is 4.98 Å².